The van der Waals surface area contributed by atoms with Gasteiger partial charge >= 0.3 is 0 Å². The van der Waals surface area contributed by atoms with E-state index in [0.29, 0.717) is 4.73 Å². The number of imidazole rings is 1. The molecule has 0 saturated heterocycles. The smallest absolute Gasteiger partial charge is 0.271 e. The molecule has 0 spiro atoms. The molecule has 1 aromatic heterocycles. The van der Waals surface area contributed by atoms with Crippen LogP contribution in [0.4, 0.5) is 15.8 Å². The van der Waals surface area contributed by atoms with Crippen LogP contribution in [0.15, 0.2) is 66.7 Å². The summed E-state index contributed by atoms with van der Waals surface area (Å²) in [5.74, 6) is -1.28. The maximum absolute atomic E-state index is 14.7. The first kappa shape index (κ1) is 20.7. The number of nitrogens with zero attached hydrogens (tertiary/aromatic N) is 3. The normalized spacial score (nSPS) is 11.2. The number of anilines is 1. The average molecular weight is 432 g/mol. The number of carbonyl (C=O) groups excluding carboxylic acids is 1. The highest BCUT2D eigenvalue weighted by Gasteiger charge is 2.18. The van der Waals surface area contributed by atoms with Gasteiger partial charge in [0.05, 0.1) is 16.0 Å². The Morgan fingerprint density at radius 3 is 2.59 bits per heavy atom. The van der Waals surface area contributed by atoms with Crippen molar-refractivity contribution in [3.8, 4) is 11.4 Å². The van der Waals surface area contributed by atoms with E-state index in [1.807, 2.05) is 31.2 Å². The van der Waals surface area contributed by atoms with Gasteiger partial charge in [0, 0.05) is 23.9 Å². The van der Waals surface area contributed by atoms with E-state index in [9.17, 15) is 24.5 Å². The quantitative estimate of drug-likeness (QED) is 0.201. The highest BCUT2D eigenvalue weighted by atomic mass is 19.1. The molecule has 0 aliphatic carbocycles. The predicted molar refractivity (Wildman–Crippen MR) is 118 cm³/mol. The molecule has 2 N–H and O–H groups in total. The molecule has 0 aliphatic rings. The van der Waals surface area contributed by atoms with Gasteiger partial charge in [-0.3, -0.25) is 14.9 Å². The summed E-state index contributed by atoms with van der Waals surface area (Å²) in [4.78, 5) is 26.6. The Labute approximate surface area is 181 Å². The van der Waals surface area contributed by atoms with Crippen molar-refractivity contribution >= 4 is 34.4 Å². The average Bonchev–Trinajstić information content (AvgIpc) is 3.09. The van der Waals surface area contributed by atoms with E-state index in [0.717, 1.165) is 23.3 Å². The summed E-state index contributed by atoms with van der Waals surface area (Å²) in [5.41, 5.74) is 2.28. The number of carbonyl (C=O) groups is 1. The second-order valence-corrected chi connectivity index (χ2v) is 7.11. The maximum atomic E-state index is 14.7. The van der Waals surface area contributed by atoms with Crippen molar-refractivity contribution < 1.29 is 19.3 Å². The molecule has 4 aromatic rings. The molecular formula is C23H17FN4O4. The van der Waals surface area contributed by atoms with Crippen molar-refractivity contribution in [1.29, 1.82) is 0 Å². The minimum Gasteiger partial charge on any atom is -0.426 e. The highest BCUT2D eigenvalue weighted by molar-refractivity contribution is 6.02. The first-order chi connectivity index (χ1) is 15.3. The van der Waals surface area contributed by atoms with Gasteiger partial charge in [0.25, 0.3) is 5.69 Å². The molecule has 32 heavy (non-hydrogen) atoms. The number of fused-ring (bicyclic) bond motifs is 1. The van der Waals surface area contributed by atoms with Crippen LogP contribution in [0.2, 0.25) is 0 Å². The molecule has 0 atom stereocenters. The third-order valence-electron chi connectivity index (χ3n) is 4.81. The fraction of sp³-hybridized carbons (Fsp3) is 0.0435. The zero-order valence-corrected chi connectivity index (χ0v) is 16.8. The summed E-state index contributed by atoms with van der Waals surface area (Å²) >= 11 is 0. The Morgan fingerprint density at radius 2 is 1.91 bits per heavy atom. The van der Waals surface area contributed by atoms with Crippen LogP contribution >= 0.6 is 0 Å². The third-order valence-corrected chi connectivity index (χ3v) is 4.81. The van der Waals surface area contributed by atoms with Crippen molar-refractivity contribution in [1.82, 2.24) is 9.71 Å². The number of hydrogen-bond donors (Lipinski definition) is 2. The zero-order chi connectivity index (χ0) is 22.8. The third kappa shape index (κ3) is 4.17. The Kier molecular flexibility index (Phi) is 5.38. The van der Waals surface area contributed by atoms with Crippen LogP contribution in [0.25, 0.3) is 28.5 Å². The minimum atomic E-state index is -0.731. The molecule has 4 rings (SSSR count). The number of benzene rings is 3. The fourth-order valence-electron chi connectivity index (χ4n) is 3.15. The van der Waals surface area contributed by atoms with Gasteiger partial charge in [-0.25, -0.2) is 9.37 Å². The molecule has 8 nitrogen and oxygen atoms in total. The van der Waals surface area contributed by atoms with E-state index in [-0.39, 0.29) is 33.8 Å². The lowest BCUT2D eigenvalue weighted by Crippen LogP contribution is -2.08. The number of halogens is 1. The monoisotopic (exact) mass is 432 g/mol. The van der Waals surface area contributed by atoms with Gasteiger partial charge in [0.2, 0.25) is 5.91 Å². The number of nitro groups is 1. The molecule has 0 unspecified atom stereocenters. The van der Waals surface area contributed by atoms with Crippen LogP contribution in [-0.4, -0.2) is 25.8 Å². The van der Waals surface area contributed by atoms with Crippen LogP contribution in [0.5, 0.6) is 0 Å². The fourth-order valence-corrected chi connectivity index (χ4v) is 3.15. The Morgan fingerprint density at radius 1 is 1.16 bits per heavy atom. The number of rotatable bonds is 5. The molecule has 3 aromatic carbocycles. The number of non-ortho nitro benzene ring substituents is 1. The van der Waals surface area contributed by atoms with Crippen molar-refractivity contribution in [2.75, 3.05) is 5.32 Å². The van der Waals surface area contributed by atoms with Gasteiger partial charge in [0.15, 0.2) is 5.82 Å². The predicted octanol–water partition coefficient (Wildman–Crippen LogP) is 4.95. The van der Waals surface area contributed by atoms with E-state index in [2.05, 4.69) is 10.3 Å². The lowest BCUT2D eigenvalue weighted by Gasteiger charge is -2.06. The van der Waals surface area contributed by atoms with Gasteiger partial charge in [0.1, 0.15) is 11.3 Å². The molecule has 1 amide bonds. The number of aromatic nitrogens is 2. The Balaban J connectivity index is 1.55. The SMILES string of the molecule is Cc1ccc(/C=C/C(=O)Nc2ccc(-c3nc4ccc([N+](=O)[O-])cc4n3O)c(F)c2)cc1. The van der Waals surface area contributed by atoms with Gasteiger partial charge in [-0.1, -0.05) is 29.8 Å². The molecule has 1 heterocycles. The topological polar surface area (TPSA) is 110 Å². The lowest BCUT2D eigenvalue weighted by molar-refractivity contribution is -0.384. The van der Waals surface area contributed by atoms with E-state index in [1.165, 1.54) is 30.3 Å². The van der Waals surface area contributed by atoms with Crippen LogP contribution in [0.1, 0.15) is 11.1 Å². The standard InChI is InChI=1S/C23H17FN4O4/c1-14-2-4-15(5-3-14)6-11-22(29)25-16-7-9-18(19(24)12-16)23-26-20-10-8-17(28(31)32)13-21(20)27(23)30/h2-13,30H,1H3,(H,25,29)/b11-6+. The van der Waals surface area contributed by atoms with Crippen LogP contribution in [-0.2, 0) is 4.79 Å². The number of amides is 1. The second-order valence-electron chi connectivity index (χ2n) is 7.11. The summed E-state index contributed by atoms with van der Waals surface area (Å²) < 4.78 is 15.3. The van der Waals surface area contributed by atoms with E-state index < -0.39 is 16.6 Å². The van der Waals surface area contributed by atoms with Crippen LogP contribution < -0.4 is 5.32 Å². The first-order valence-electron chi connectivity index (χ1n) is 9.53. The van der Waals surface area contributed by atoms with Gasteiger partial charge in [-0.05, 0) is 42.8 Å². The van der Waals surface area contributed by atoms with Crippen molar-refractivity contribution in [3.05, 3.63) is 93.8 Å². The minimum absolute atomic E-state index is 0.0282. The van der Waals surface area contributed by atoms with Gasteiger partial charge < -0.3 is 10.5 Å². The zero-order valence-electron chi connectivity index (χ0n) is 16.8. The first-order valence-corrected chi connectivity index (χ1v) is 9.53. The summed E-state index contributed by atoms with van der Waals surface area (Å²) in [6.45, 7) is 1.97. The largest absolute Gasteiger partial charge is 0.426 e. The van der Waals surface area contributed by atoms with Crippen molar-refractivity contribution in [2.24, 2.45) is 0 Å². The molecule has 0 bridgehead atoms. The number of nitro benzene ring substituents is 1. The molecule has 0 radical (unpaired) electrons. The second kappa shape index (κ2) is 8.31. The van der Waals surface area contributed by atoms with E-state index in [1.54, 1.807) is 6.08 Å². The molecule has 0 saturated carbocycles. The summed E-state index contributed by atoms with van der Waals surface area (Å²) in [6.07, 6.45) is 2.99. The van der Waals surface area contributed by atoms with Crippen molar-refractivity contribution in [2.45, 2.75) is 6.92 Å². The summed E-state index contributed by atoms with van der Waals surface area (Å²) in [7, 11) is 0. The molecule has 9 heteroatoms. The number of nitrogens with one attached hydrogen (secondary N) is 1. The van der Waals surface area contributed by atoms with Gasteiger partial charge in [-0.2, -0.15) is 4.73 Å². The molecular weight excluding hydrogens is 415 g/mol. The van der Waals surface area contributed by atoms with Crippen LogP contribution in [0, 0.1) is 22.9 Å². The van der Waals surface area contributed by atoms with Gasteiger partial charge in [-0.15, -0.1) is 0 Å². The van der Waals surface area contributed by atoms with E-state index in [4.69, 9.17) is 0 Å². The molecule has 0 fully saturated rings. The summed E-state index contributed by atoms with van der Waals surface area (Å²) in [6, 6.07) is 15.3. The van der Waals surface area contributed by atoms with Crippen LogP contribution in [0.3, 0.4) is 0 Å². The van der Waals surface area contributed by atoms with Crippen molar-refractivity contribution in [3.63, 3.8) is 0 Å². The van der Waals surface area contributed by atoms with E-state index >= 15 is 0 Å². The number of aryl methyl sites for hydroxylation is 1. The Hall–Kier alpha value is -4.53. The maximum Gasteiger partial charge on any atom is 0.271 e. The summed E-state index contributed by atoms with van der Waals surface area (Å²) in [5, 5.41) is 23.9. The molecule has 160 valence electrons. The highest BCUT2D eigenvalue weighted by Crippen LogP contribution is 2.29. The Bertz CT molecular complexity index is 1380. The molecule has 0 aliphatic heterocycles. The lowest BCUT2D eigenvalue weighted by atomic mass is 10.1. The number of hydrogen-bond acceptors (Lipinski definition) is 5.